The van der Waals surface area contributed by atoms with Crippen LogP contribution in [0.1, 0.15) is 27.6 Å². The van der Waals surface area contributed by atoms with Crippen LogP contribution in [0.25, 0.3) is 0 Å². The van der Waals surface area contributed by atoms with Gasteiger partial charge in [0.2, 0.25) is 5.95 Å². The Bertz CT molecular complexity index is 683. The van der Waals surface area contributed by atoms with Crippen LogP contribution in [0.4, 0.5) is 13.2 Å². The van der Waals surface area contributed by atoms with Gasteiger partial charge in [0.1, 0.15) is 17.3 Å². The maximum Gasteiger partial charge on any atom is 0.254 e. The third-order valence-electron chi connectivity index (χ3n) is 2.89. The van der Waals surface area contributed by atoms with Crippen molar-refractivity contribution in [3.05, 3.63) is 52.5 Å². The zero-order valence-electron chi connectivity index (χ0n) is 11.5. The van der Waals surface area contributed by atoms with Gasteiger partial charge in [0.15, 0.2) is 5.82 Å². The molecule has 0 radical (unpaired) electrons. The van der Waals surface area contributed by atoms with Crippen LogP contribution in [0.2, 0.25) is 0 Å². The summed E-state index contributed by atoms with van der Waals surface area (Å²) < 4.78 is 44.2. The molecule has 1 N–H and O–H groups in total. The van der Waals surface area contributed by atoms with Crippen molar-refractivity contribution in [1.29, 1.82) is 0 Å². The topological polar surface area (TPSA) is 55.1 Å². The van der Waals surface area contributed by atoms with E-state index in [4.69, 9.17) is 4.42 Å². The molecule has 0 spiro atoms. The Morgan fingerprint density at radius 3 is 2.57 bits per heavy atom. The lowest BCUT2D eigenvalue weighted by molar-refractivity contribution is 0.0952. The molecule has 112 valence electrons. The molecule has 0 unspecified atom stereocenters. The highest BCUT2D eigenvalue weighted by Gasteiger charge is 2.14. The van der Waals surface area contributed by atoms with Gasteiger partial charge in [0.25, 0.3) is 5.91 Å². The van der Waals surface area contributed by atoms with Crippen LogP contribution in [-0.4, -0.2) is 17.4 Å². The summed E-state index contributed by atoms with van der Waals surface area (Å²) in [7, 11) is 0. The average Bonchev–Trinajstić information content (AvgIpc) is 2.74. The number of nitrogens with zero attached hydrogens (tertiary/aromatic N) is 1. The number of rotatable bonds is 4. The number of halogens is 3. The second-order valence-electron chi connectivity index (χ2n) is 4.52. The first-order valence-corrected chi connectivity index (χ1v) is 6.24. The Morgan fingerprint density at radius 1 is 1.24 bits per heavy atom. The number of aromatic nitrogens is 1. The molecule has 0 aromatic carbocycles. The first kappa shape index (κ1) is 15.1. The van der Waals surface area contributed by atoms with E-state index in [0.717, 1.165) is 0 Å². The lowest BCUT2D eigenvalue weighted by atomic mass is 10.2. The van der Waals surface area contributed by atoms with E-state index in [0.29, 0.717) is 23.2 Å². The highest BCUT2D eigenvalue weighted by atomic mass is 19.2. The maximum absolute atomic E-state index is 13.3. The summed E-state index contributed by atoms with van der Waals surface area (Å²) in [6, 6.07) is 2.02. The fourth-order valence-corrected chi connectivity index (χ4v) is 1.90. The van der Waals surface area contributed by atoms with E-state index >= 15 is 0 Å². The number of hydrogen-bond donors (Lipinski definition) is 1. The molecule has 0 saturated carbocycles. The number of carbonyl (C=O) groups excluding carboxylic acids is 1. The number of furan rings is 1. The van der Waals surface area contributed by atoms with Crippen LogP contribution in [0.5, 0.6) is 0 Å². The van der Waals surface area contributed by atoms with Crippen molar-refractivity contribution >= 4 is 5.91 Å². The van der Waals surface area contributed by atoms with Gasteiger partial charge in [-0.1, -0.05) is 0 Å². The predicted octanol–water partition coefficient (Wildman–Crippen LogP) is 2.68. The second-order valence-corrected chi connectivity index (χ2v) is 4.52. The number of amides is 1. The summed E-state index contributed by atoms with van der Waals surface area (Å²) in [6.45, 7) is 3.40. The molecule has 2 aromatic heterocycles. The summed E-state index contributed by atoms with van der Waals surface area (Å²) in [5, 5.41) is 2.54. The summed E-state index contributed by atoms with van der Waals surface area (Å²) in [6.07, 6.45) is -0.0509. The quantitative estimate of drug-likeness (QED) is 0.883. The molecule has 2 rings (SSSR count). The summed E-state index contributed by atoms with van der Waals surface area (Å²) >= 11 is 0. The molecule has 0 saturated heterocycles. The van der Waals surface area contributed by atoms with E-state index in [1.165, 1.54) is 0 Å². The Hall–Kier alpha value is -2.31. The Balaban J connectivity index is 1.97. The molecule has 0 aliphatic rings. The van der Waals surface area contributed by atoms with Crippen molar-refractivity contribution in [2.75, 3.05) is 6.54 Å². The standard InChI is InChI=1S/C14H13F3N2O2/c1-7-5-9(8(2)21-7)14(20)18-4-3-12-10(15)6-11(16)13(17)19-12/h5-6H,3-4H2,1-2H3,(H,18,20). The van der Waals surface area contributed by atoms with Gasteiger partial charge >= 0.3 is 0 Å². The van der Waals surface area contributed by atoms with Crippen molar-refractivity contribution in [3.63, 3.8) is 0 Å². The fraction of sp³-hybridized carbons (Fsp3) is 0.286. The fourth-order valence-electron chi connectivity index (χ4n) is 1.90. The number of carbonyl (C=O) groups is 1. The minimum Gasteiger partial charge on any atom is -0.466 e. The van der Waals surface area contributed by atoms with Crippen molar-refractivity contribution in [2.24, 2.45) is 0 Å². The largest absolute Gasteiger partial charge is 0.466 e. The molecule has 7 heteroatoms. The van der Waals surface area contributed by atoms with Gasteiger partial charge in [0.05, 0.1) is 11.3 Å². The maximum atomic E-state index is 13.3. The van der Waals surface area contributed by atoms with E-state index in [2.05, 4.69) is 10.3 Å². The van der Waals surface area contributed by atoms with Crippen LogP contribution in [-0.2, 0) is 6.42 Å². The summed E-state index contributed by atoms with van der Waals surface area (Å²) in [4.78, 5) is 15.0. The minimum absolute atomic E-state index is 0.0392. The normalized spacial score (nSPS) is 10.7. The number of aryl methyl sites for hydroxylation is 2. The molecule has 0 aliphatic carbocycles. The molecule has 4 nitrogen and oxygen atoms in total. The zero-order valence-corrected chi connectivity index (χ0v) is 11.5. The highest BCUT2D eigenvalue weighted by molar-refractivity contribution is 5.95. The summed E-state index contributed by atoms with van der Waals surface area (Å²) in [5.74, 6) is -2.96. The van der Waals surface area contributed by atoms with Gasteiger partial charge in [-0.25, -0.2) is 13.8 Å². The first-order valence-electron chi connectivity index (χ1n) is 6.24. The van der Waals surface area contributed by atoms with E-state index in [1.54, 1.807) is 19.9 Å². The van der Waals surface area contributed by atoms with E-state index in [1.807, 2.05) is 0 Å². The molecular formula is C14H13F3N2O2. The third kappa shape index (κ3) is 3.42. The Morgan fingerprint density at radius 2 is 1.95 bits per heavy atom. The molecule has 0 fully saturated rings. The van der Waals surface area contributed by atoms with Crippen molar-refractivity contribution in [1.82, 2.24) is 10.3 Å². The SMILES string of the molecule is Cc1cc(C(=O)NCCc2nc(F)c(F)cc2F)c(C)o1. The number of hydrogen-bond acceptors (Lipinski definition) is 3. The summed E-state index contributed by atoms with van der Waals surface area (Å²) in [5.41, 5.74) is 0.139. The monoisotopic (exact) mass is 298 g/mol. The molecule has 2 aromatic rings. The van der Waals surface area contributed by atoms with Crippen LogP contribution in [0.15, 0.2) is 16.5 Å². The minimum atomic E-state index is -1.36. The van der Waals surface area contributed by atoms with E-state index < -0.39 is 17.6 Å². The van der Waals surface area contributed by atoms with Gasteiger partial charge in [-0.15, -0.1) is 0 Å². The van der Waals surface area contributed by atoms with Crippen molar-refractivity contribution in [3.8, 4) is 0 Å². The van der Waals surface area contributed by atoms with Gasteiger partial charge in [-0.2, -0.15) is 4.39 Å². The van der Waals surface area contributed by atoms with Gasteiger partial charge in [-0.05, 0) is 19.9 Å². The highest BCUT2D eigenvalue weighted by Crippen LogP contribution is 2.13. The molecule has 0 bridgehead atoms. The van der Waals surface area contributed by atoms with Crippen molar-refractivity contribution in [2.45, 2.75) is 20.3 Å². The molecular weight excluding hydrogens is 285 g/mol. The third-order valence-corrected chi connectivity index (χ3v) is 2.89. The Labute approximate surface area is 119 Å². The van der Waals surface area contributed by atoms with Crippen LogP contribution in [0, 0.1) is 31.4 Å². The lowest BCUT2D eigenvalue weighted by Crippen LogP contribution is -2.26. The first-order chi connectivity index (χ1) is 9.88. The lowest BCUT2D eigenvalue weighted by Gasteiger charge is -2.05. The zero-order chi connectivity index (χ0) is 15.6. The van der Waals surface area contributed by atoms with Crippen LogP contribution < -0.4 is 5.32 Å². The predicted molar refractivity (Wildman–Crippen MR) is 68.3 cm³/mol. The van der Waals surface area contributed by atoms with E-state index in [9.17, 15) is 18.0 Å². The molecule has 21 heavy (non-hydrogen) atoms. The molecule has 2 heterocycles. The van der Waals surface area contributed by atoms with Crippen LogP contribution >= 0.6 is 0 Å². The smallest absolute Gasteiger partial charge is 0.254 e. The van der Waals surface area contributed by atoms with Crippen LogP contribution in [0.3, 0.4) is 0 Å². The second kappa shape index (κ2) is 5.99. The van der Waals surface area contributed by atoms with E-state index in [-0.39, 0.29) is 24.6 Å². The van der Waals surface area contributed by atoms with Gasteiger partial charge < -0.3 is 9.73 Å². The number of pyridine rings is 1. The molecule has 0 atom stereocenters. The van der Waals surface area contributed by atoms with Crippen molar-refractivity contribution < 1.29 is 22.4 Å². The Kier molecular flexibility index (Phi) is 4.30. The average molecular weight is 298 g/mol. The van der Waals surface area contributed by atoms with Gasteiger partial charge in [0, 0.05) is 19.0 Å². The molecule has 1 amide bonds. The molecule has 0 aliphatic heterocycles. The van der Waals surface area contributed by atoms with Gasteiger partial charge in [-0.3, -0.25) is 4.79 Å². The number of nitrogens with one attached hydrogen (secondary N) is 1.